The number of halogens is 1. The van der Waals surface area contributed by atoms with Gasteiger partial charge in [0.25, 0.3) is 11.8 Å². The monoisotopic (exact) mass is 527 g/mol. The van der Waals surface area contributed by atoms with Gasteiger partial charge in [0.15, 0.2) is 0 Å². The van der Waals surface area contributed by atoms with Crippen LogP contribution in [0.5, 0.6) is 5.75 Å². The topological polar surface area (TPSA) is 103 Å². The van der Waals surface area contributed by atoms with E-state index in [9.17, 15) is 19.1 Å². The van der Waals surface area contributed by atoms with E-state index >= 15 is 0 Å². The molecule has 1 aliphatic heterocycles. The first-order valence-corrected chi connectivity index (χ1v) is 12.7. The van der Waals surface area contributed by atoms with E-state index in [1.807, 2.05) is 56.5 Å². The molecule has 0 spiro atoms. The summed E-state index contributed by atoms with van der Waals surface area (Å²) < 4.78 is 20.7. The molecule has 8 heteroatoms. The van der Waals surface area contributed by atoms with Crippen molar-refractivity contribution >= 4 is 28.8 Å². The normalized spacial score (nSPS) is 14.4. The van der Waals surface area contributed by atoms with Crippen molar-refractivity contribution < 1.29 is 23.8 Å². The molecular weight excluding hydrogens is 497 g/mol. The number of carbonyl (C=O) groups is 2. The summed E-state index contributed by atoms with van der Waals surface area (Å²) in [5.74, 6) is -1.02. The lowest BCUT2D eigenvalue weighted by Gasteiger charge is -2.30. The summed E-state index contributed by atoms with van der Waals surface area (Å²) in [7, 11) is 1.48. The highest BCUT2D eigenvalue weighted by Gasteiger charge is 2.28. The number of aromatic amines is 1. The van der Waals surface area contributed by atoms with Gasteiger partial charge in [-0.25, -0.2) is 4.39 Å². The van der Waals surface area contributed by atoms with E-state index < -0.39 is 29.3 Å². The predicted octanol–water partition coefficient (Wildman–Crippen LogP) is 4.85. The van der Waals surface area contributed by atoms with Gasteiger partial charge in [-0.2, -0.15) is 0 Å². The molecule has 0 saturated heterocycles. The molecule has 1 aliphatic rings. The molecule has 0 aliphatic carbocycles. The maximum atomic E-state index is 14.5. The molecule has 0 unspecified atom stereocenters. The van der Waals surface area contributed by atoms with Gasteiger partial charge in [0, 0.05) is 35.3 Å². The first-order chi connectivity index (χ1) is 18.7. The number of benzene rings is 3. The van der Waals surface area contributed by atoms with Crippen molar-refractivity contribution in [2.24, 2.45) is 0 Å². The number of rotatable bonds is 7. The van der Waals surface area contributed by atoms with Gasteiger partial charge in [0.05, 0.1) is 18.2 Å². The average molecular weight is 528 g/mol. The average Bonchev–Trinajstić information content (AvgIpc) is 3.33. The molecule has 4 N–H and O–H groups in total. The molecule has 7 nitrogen and oxygen atoms in total. The van der Waals surface area contributed by atoms with Gasteiger partial charge in [-0.05, 0) is 79.4 Å². The molecule has 4 aromatic rings. The van der Waals surface area contributed by atoms with Crippen LogP contribution in [0.2, 0.25) is 0 Å². The van der Waals surface area contributed by atoms with Gasteiger partial charge in [-0.15, -0.1) is 0 Å². The van der Waals surface area contributed by atoms with Crippen LogP contribution in [0.1, 0.15) is 45.7 Å². The second-order valence-electron chi connectivity index (χ2n) is 10.2. The molecule has 0 fully saturated rings. The van der Waals surface area contributed by atoms with Crippen LogP contribution in [-0.2, 0) is 6.42 Å². The molecule has 39 heavy (non-hydrogen) atoms. The van der Waals surface area contributed by atoms with Crippen molar-refractivity contribution in [3.63, 3.8) is 0 Å². The van der Waals surface area contributed by atoms with Crippen LogP contribution in [0, 0.1) is 5.82 Å². The number of aliphatic hydroxyl groups is 1. The Labute approximate surface area is 225 Å². The zero-order valence-electron chi connectivity index (χ0n) is 22.0. The molecule has 3 aromatic carbocycles. The number of ether oxygens (including phenoxy) is 1. The number of para-hydroxylation sites is 1. The van der Waals surface area contributed by atoms with Gasteiger partial charge in [-0.1, -0.05) is 24.3 Å². The molecule has 0 radical (unpaired) electrons. The number of fused-ring (bicyclic) bond motifs is 2. The third-order valence-electron chi connectivity index (χ3n) is 6.81. The number of aliphatic hydroxyl groups excluding tert-OH is 1. The maximum absolute atomic E-state index is 14.5. The fourth-order valence-electron chi connectivity index (χ4n) is 4.83. The zero-order valence-corrected chi connectivity index (χ0v) is 22.0. The molecule has 1 aromatic heterocycles. The second-order valence-corrected chi connectivity index (χ2v) is 10.2. The van der Waals surface area contributed by atoms with Gasteiger partial charge in [-0.3, -0.25) is 9.59 Å². The minimum atomic E-state index is -0.644. The molecule has 2 heterocycles. The van der Waals surface area contributed by atoms with Gasteiger partial charge < -0.3 is 25.5 Å². The lowest BCUT2D eigenvalue weighted by atomic mass is 9.93. The third-order valence-corrected chi connectivity index (χ3v) is 6.81. The molecule has 5 rings (SSSR count). The first kappa shape index (κ1) is 26.2. The quantitative estimate of drug-likeness (QED) is 0.276. The Morgan fingerprint density at radius 2 is 1.85 bits per heavy atom. The van der Waals surface area contributed by atoms with Crippen molar-refractivity contribution in [3.8, 4) is 16.9 Å². The van der Waals surface area contributed by atoms with E-state index in [4.69, 9.17) is 4.74 Å². The summed E-state index contributed by atoms with van der Waals surface area (Å²) in [6.45, 7) is 3.51. The van der Waals surface area contributed by atoms with E-state index in [1.54, 1.807) is 18.2 Å². The van der Waals surface area contributed by atoms with Crippen molar-refractivity contribution in [3.05, 3.63) is 94.9 Å². The molecule has 200 valence electrons. The number of aromatic nitrogens is 1. The van der Waals surface area contributed by atoms with Crippen molar-refractivity contribution in [1.29, 1.82) is 0 Å². The summed E-state index contributed by atoms with van der Waals surface area (Å²) >= 11 is 0. The Morgan fingerprint density at radius 3 is 2.62 bits per heavy atom. The number of carbonyl (C=O) groups excluding carboxylic acids is 2. The Morgan fingerprint density at radius 1 is 1.08 bits per heavy atom. The standard InChI is InChI=1S/C31H30FN3O4/c1-31(2)9-8-18-10-20(19-11-21(29(37)33-3)13-23(32)12-19)15-26(28(18)39-31)30(38)35-24(17-36)14-22-16-34-27-7-5-4-6-25(22)27/h4-13,15-16,24,34,36H,14,17H2,1-3H3,(H,33,37)(H,35,38)/t24-/m1/s1. The van der Waals surface area contributed by atoms with Crippen LogP contribution in [0.25, 0.3) is 28.1 Å². The van der Waals surface area contributed by atoms with Crippen LogP contribution in [0.4, 0.5) is 4.39 Å². The Hall–Kier alpha value is -4.43. The fourth-order valence-corrected chi connectivity index (χ4v) is 4.83. The zero-order chi connectivity index (χ0) is 27.7. The smallest absolute Gasteiger partial charge is 0.255 e. The SMILES string of the molecule is CNC(=O)c1cc(F)cc(-c2cc3c(c(C(=O)N[C@@H](CO)Cc4c[nH]c5ccccc45)c2)OC(C)(C)C=C3)c1. The van der Waals surface area contributed by atoms with Crippen molar-refractivity contribution in [2.45, 2.75) is 31.9 Å². The van der Waals surface area contributed by atoms with Crippen LogP contribution in [0.3, 0.4) is 0 Å². The summed E-state index contributed by atoms with van der Waals surface area (Å²) in [6.07, 6.45) is 6.05. The molecule has 2 amide bonds. The molecule has 0 saturated carbocycles. The lowest BCUT2D eigenvalue weighted by Crippen LogP contribution is -2.40. The largest absolute Gasteiger partial charge is 0.482 e. The minimum absolute atomic E-state index is 0.170. The Bertz CT molecular complexity index is 1600. The Kier molecular flexibility index (Phi) is 6.97. The maximum Gasteiger partial charge on any atom is 0.255 e. The molecular formula is C31H30FN3O4. The molecule has 0 bridgehead atoms. The summed E-state index contributed by atoms with van der Waals surface area (Å²) in [5.41, 5.74) is 3.38. The lowest BCUT2D eigenvalue weighted by molar-refractivity contribution is 0.0903. The highest BCUT2D eigenvalue weighted by Crippen LogP contribution is 2.38. The van der Waals surface area contributed by atoms with E-state index in [-0.39, 0.29) is 17.7 Å². The predicted molar refractivity (Wildman–Crippen MR) is 149 cm³/mol. The second kappa shape index (κ2) is 10.4. The van der Waals surface area contributed by atoms with E-state index in [0.717, 1.165) is 22.5 Å². The van der Waals surface area contributed by atoms with Crippen molar-refractivity contribution in [2.75, 3.05) is 13.7 Å². The fraction of sp³-hybridized carbons (Fsp3) is 0.226. The van der Waals surface area contributed by atoms with E-state index in [0.29, 0.717) is 28.9 Å². The van der Waals surface area contributed by atoms with E-state index in [2.05, 4.69) is 15.6 Å². The number of H-pyrrole nitrogens is 1. The number of amides is 2. The number of hydrogen-bond donors (Lipinski definition) is 4. The number of hydrogen-bond acceptors (Lipinski definition) is 4. The summed E-state index contributed by atoms with van der Waals surface area (Å²) in [4.78, 5) is 29.1. The van der Waals surface area contributed by atoms with Crippen LogP contribution in [-0.4, -0.2) is 47.2 Å². The van der Waals surface area contributed by atoms with Gasteiger partial charge >= 0.3 is 0 Å². The van der Waals surface area contributed by atoms with Gasteiger partial charge in [0.1, 0.15) is 17.2 Å². The first-order valence-electron chi connectivity index (χ1n) is 12.7. The highest BCUT2D eigenvalue weighted by atomic mass is 19.1. The third kappa shape index (κ3) is 5.42. The van der Waals surface area contributed by atoms with E-state index in [1.165, 1.54) is 13.1 Å². The highest BCUT2D eigenvalue weighted by molar-refractivity contribution is 6.01. The summed E-state index contributed by atoms with van der Waals surface area (Å²) in [6, 6.07) is 14.8. The summed E-state index contributed by atoms with van der Waals surface area (Å²) in [5, 5.41) is 16.6. The van der Waals surface area contributed by atoms with Crippen LogP contribution < -0.4 is 15.4 Å². The molecule has 1 atom stereocenters. The van der Waals surface area contributed by atoms with Crippen LogP contribution in [0.15, 0.2) is 66.9 Å². The van der Waals surface area contributed by atoms with Gasteiger partial charge in [0.2, 0.25) is 0 Å². The minimum Gasteiger partial charge on any atom is -0.482 e. The van der Waals surface area contributed by atoms with Crippen LogP contribution >= 0.6 is 0 Å². The number of nitrogens with one attached hydrogen (secondary N) is 3. The van der Waals surface area contributed by atoms with Crippen molar-refractivity contribution in [1.82, 2.24) is 15.6 Å². The Balaban J connectivity index is 1.52.